The Kier molecular flexibility index (Phi) is 11.9. The fourth-order valence-electron chi connectivity index (χ4n) is 3.89. The third kappa shape index (κ3) is 9.16. The number of sulfonamides is 1. The van der Waals surface area contributed by atoms with E-state index in [-0.39, 0.29) is 41.4 Å². The molecule has 0 spiro atoms. The van der Waals surface area contributed by atoms with Crippen molar-refractivity contribution in [3.8, 4) is 28.3 Å². The summed E-state index contributed by atoms with van der Waals surface area (Å²) in [5, 5.41) is 0.404. The van der Waals surface area contributed by atoms with Gasteiger partial charge in [-0.1, -0.05) is 19.1 Å². The van der Waals surface area contributed by atoms with Crippen molar-refractivity contribution in [1.82, 2.24) is 19.9 Å². The van der Waals surface area contributed by atoms with Crippen molar-refractivity contribution in [2.24, 2.45) is 0 Å². The molecular formula is C29H37F2N7O4S. The van der Waals surface area contributed by atoms with Gasteiger partial charge in [-0.15, -0.1) is 0 Å². The number of aromatic nitrogens is 4. The van der Waals surface area contributed by atoms with E-state index in [1.165, 1.54) is 30.6 Å². The largest absolute Gasteiger partial charge is 0.489 e. The second kappa shape index (κ2) is 15.3. The van der Waals surface area contributed by atoms with Crippen molar-refractivity contribution in [2.75, 3.05) is 41.8 Å². The molecule has 0 atom stereocenters. The smallest absolute Gasteiger partial charge is 0.232 e. The molecule has 0 saturated carbocycles. The first-order chi connectivity index (χ1) is 20.5. The van der Waals surface area contributed by atoms with Crippen LogP contribution in [0.25, 0.3) is 33.4 Å². The molecule has 0 aliphatic carbocycles. The lowest BCUT2D eigenvalue weighted by Crippen LogP contribution is -2.18. The Morgan fingerprint density at radius 1 is 1.05 bits per heavy atom. The fraction of sp³-hybridized carbons (Fsp3) is 0.379. The second-order valence-corrected chi connectivity index (χ2v) is 11.5. The van der Waals surface area contributed by atoms with E-state index in [9.17, 15) is 12.8 Å². The number of nitrogens with two attached hydrogens (primary N) is 2. The summed E-state index contributed by atoms with van der Waals surface area (Å²) >= 11 is 0. The van der Waals surface area contributed by atoms with E-state index in [0.717, 1.165) is 19.6 Å². The Balaban J connectivity index is 0.000000765. The topological polar surface area (TPSA) is 168 Å². The van der Waals surface area contributed by atoms with Gasteiger partial charge in [-0.05, 0) is 57.4 Å². The molecule has 2 aromatic heterocycles. The lowest BCUT2D eigenvalue weighted by molar-refractivity contribution is 0.148. The number of nitrogen functional groups attached to an aromatic ring is 2. The van der Waals surface area contributed by atoms with Crippen molar-refractivity contribution in [3.63, 3.8) is 0 Å². The van der Waals surface area contributed by atoms with Crippen molar-refractivity contribution >= 4 is 38.4 Å². The number of nitrogens with one attached hydrogen (secondary N) is 1. The van der Waals surface area contributed by atoms with E-state index in [4.69, 9.17) is 20.9 Å². The molecular weight excluding hydrogens is 580 g/mol. The monoisotopic (exact) mass is 617 g/mol. The van der Waals surface area contributed by atoms with Gasteiger partial charge in [0.25, 0.3) is 0 Å². The SMILES string of the molecule is CC(C)Oc1cc(-c2cccc(NS(=O)(=O)CCCF)c2F)cc2c(N)nc(-c3cnc(N)nc3)nc12.CCCOCC. The quantitative estimate of drug-likeness (QED) is 0.176. The maximum absolute atomic E-state index is 15.5. The zero-order valence-electron chi connectivity index (χ0n) is 24.6. The molecule has 14 heteroatoms. The van der Waals surface area contributed by atoms with Gasteiger partial charge in [0.15, 0.2) is 11.6 Å². The molecule has 5 N–H and O–H groups in total. The lowest BCUT2D eigenvalue weighted by atomic mass is 10.0. The highest BCUT2D eigenvalue weighted by atomic mass is 32.2. The molecule has 0 aliphatic heterocycles. The molecule has 0 saturated heterocycles. The lowest BCUT2D eigenvalue weighted by Gasteiger charge is -2.16. The molecule has 2 heterocycles. The first-order valence-corrected chi connectivity index (χ1v) is 15.4. The third-order valence-electron chi connectivity index (χ3n) is 5.76. The van der Waals surface area contributed by atoms with Crippen LogP contribution < -0.4 is 20.9 Å². The first kappa shape index (κ1) is 33.3. The molecule has 0 bridgehead atoms. The molecule has 11 nitrogen and oxygen atoms in total. The average molecular weight is 618 g/mol. The Labute approximate surface area is 250 Å². The summed E-state index contributed by atoms with van der Waals surface area (Å²) < 4.78 is 65.5. The van der Waals surface area contributed by atoms with Crippen LogP contribution in [0.2, 0.25) is 0 Å². The summed E-state index contributed by atoms with van der Waals surface area (Å²) in [5.74, 6) is -0.498. The highest BCUT2D eigenvalue weighted by molar-refractivity contribution is 7.92. The van der Waals surface area contributed by atoms with Crippen molar-refractivity contribution < 1.29 is 26.7 Å². The zero-order chi connectivity index (χ0) is 31.6. The third-order valence-corrected chi connectivity index (χ3v) is 7.12. The van der Waals surface area contributed by atoms with E-state index in [1.54, 1.807) is 12.1 Å². The van der Waals surface area contributed by atoms with Gasteiger partial charge in [-0.3, -0.25) is 9.11 Å². The van der Waals surface area contributed by atoms with Crippen LogP contribution >= 0.6 is 0 Å². The van der Waals surface area contributed by atoms with Crippen LogP contribution in [0, 0.1) is 5.82 Å². The van der Waals surface area contributed by atoms with Crippen LogP contribution in [0.1, 0.15) is 40.5 Å². The van der Waals surface area contributed by atoms with Gasteiger partial charge in [0.05, 0.1) is 29.8 Å². The van der Waals surface area contributed by atoms with Gasteiger partial charge in [0.1, 0.15) is 17.1 Å². The highest BCUT2D eigenvalue weighted by Gasteiger charge is 2.20. The number of halogens is 2. The van der Waals surface area contributed by atoms with Gasteiger partial charge < -0.3 is 20.9 Å². The highest BCUT2D eigenvalue weighted by Crippen LogP contribution is 2.37. The number of hydrogen-bond acceptors (Lipinski definition) is 10. The minimum atomic E-state index is -3.93. The minimum absolute atomic E-state index is 0.0941. The van der Waals surface area contributed by atoms with E-state index in [2.05, 4.69) is 31.6 Å². The predicted molar refractivity (Wildman–Crippen MR) is 165 cm³/mol. The van der Waals surface area contributed by atoms with Gasteiger partial charge >= 0.3 is 0 Å². The number of hydrogen-bond donors (Lipinski definition) is 3. The molecule has 43 heavy (non-hydrogen) atoms. The van der Waals surface area contributed by atoms with Crippen LogP contribution in [-0.2, 0) is 14.8 Å². The molecule has 0 aliphatic rings. The van der Waals surface area contributed by atoms with E-state index >= 15 is 4.39 Å². The van der Waals surface area contributed by atoms with E-state index in [0.29, 0.717) is 27.8 Å². The summed E-state index contributed by atoms with van der Waals surface area (Å²) in [5.41, 5.74) is 12.9. The number of anilines is 3. The number of nitrogens with zero attached hydrogens (tertiary/aromatic N) is 4. The normalized spacial score (nSPS) is 11.3. The minimum Gasteiger partial charge on any atom is -0.489 e. The van der Waals surface area contributed by atoms with Crippen LogP contribution in [0.5, 0.6) is 5.75 Å². The molecule has 4 aromatic rings. The summed E-state index contributed by atoms with van der Waals surface area (Å²) in [4.78, 5) is 16.8. The zero-order valence-corrected chi connectivity index (χ0v) is 25.4. The van der Waals surface area contributed by atoms with Gasteiger partial charge in [0.2, 0.25) is 16.0 Å². The Morgan fingerprint density at radius 2 is 1.77 bits per heavy atom. The summed E-state index contributed by atoms with van der Waals surface area (Å²) in [6.45, 7) is 8.74. The number of benzene rings is 2. The number of fused-ring (bicyclic) bond motifs is 1. The Bertz CT molecular complexity index is 1620. The van der Waals surface area contributed by atoms with Crippen molar-refractivity contribution in [2.45, 2.75) is 46.6 Å². The second-order valence-electron chi connectivity index (χ2n) is 9.63. The molecule has 232 valence electrons. The maximum atomic E-state index is 15.5. The Hall–Kier alpha value is -4.17. The molecule has 0 amide bonds. The predicted octanol–water partition coefficient (Wildman–Crippen LogP) is 5.38. The van der Waals surface area contributed by atoms with Gasteiger partial charge in [0, 0.05) is 36.6 Å². The number of alkyl halides is 1. The van der Waals surface area contributed by atoms with Crippen LogP contribution in [-0.4, -0.2) is 60.1 Å². The average Bonchev–Trinajstić information content (AvgIpc) is 2.96. The molecule has 0 fully saturated rings. The van der Waals surface area contributed by atoms with Gasteiger partial charge in [-0.25, -0.2) is 32.7 Å². The fourth-order valence-corrected chi connectivity index (χ4v) is 4.97. The van der Waals surface area contributed by atoms with Crippen LogP contribution in [0.15, 0.2) is 42.7 Å². The molecule has 0 radical (unpaired) electrons. The van der Waals surface area contributed by atoms with Gasteiger partial charge in [-0.2, -0.15) is 0 Å². The summed E-state index contributed by atoms with van der Waals surface area (Å²) in [6.07, 6.45) is 3.62. The standard InChI is InChI=1S/C24H25F2N7O3S.C5H12O/c1-13(2)36-19-10-14(16-5-3-6-18(20(16)26)33-37(34,35)8-4-7-25)9-17-21(19)31-23(32-22(17)27)15-11-29-24(28)30-12-15;1-3-5-6-4-2/h3,5-6,9-13,33H,4,7-8H2,1-2H3,(H2,27,31,32)(H2,28,29,30);3-5H2,1-2H3. The first-order valence-electron chi connectivity index (χ1n) is 13.8. The number of rotatable bonds is 12. The molecule has 2 aromatic carbocycles. The number of ether oxygens (including phenoxy) is 2. The molecule has 4 rings (SSSR count). The van der Waals surface area contributed by atoms with Crippen molar-refractivity contribution in [3.05, 3.63) is 48.5 Å². The summed E-state index contributed by atoms with van der Waals surface area (Å²) in [7, 11) is -3.93. The Morgan fingerprint density at radius 3 is 2.37 bits per heavy atom. The van der Waals surface area contributed by atoms with E-state index < -0.39 is 28.3 Å². The molecule has 0 unspecified atom stereocenters. The summed E-state index contributed by atoms with van der Waals surface area (Å²) in [6, 6.07) is 7.48. The van der Waals surface area contributed by atoms with Crippen molar-refractivity contribution in [1.29, 1.82) is 0 Å². The van der Waals surface area contributed by atoms with Crippen LogP contribution in [0.4, 0.5) is 26.2 Å². The van der Waals surface area contributed by atoms with E-state index in [1.807, 2.05) is 20.8 Å². The van der Waals surface area contributed by atoms with Crippen LogP contribution in [0.3, 0.4) is 0 Å². The maximum Gasteiger partial charge on any atom is 0.232 e.